The highest BCUT2D eigenvalue weighted by Crippen LogP contribution is 2.33. The maximum Gasteiger partial charge on any atom is 0.315 e. The molecule has 0 aliphatic carbocycles. The molecule has 0 radical (unpaired) electrons. The zero-order valence-corrected chi connectivity index (χ0v) is 30.8. The molecule has 2 heterocycles. The fraction of sp³-hybridized carbons (Fsp3) is 0.839. The number of thioether (sulfide) groups is 1. The predicted molar refractivity (Wildman–Crippen MR) is 192 cm³/mol. The number of urea groups is 1. The molecule has 2 aliphatic rings. The molecular weight excluding hydrogens is 679 g/mol. The monoisotopic (exact) mass is 735 g/mol. The molecule has 2 fully saturated rings. The molecule has 6 amide bonds. The van der Waals surface area contributed by atoms with Crippen LogP contribution < -0.4 is 37.6 Å². The first-order chi connectivity index (χ1) is 23.0. The highest BCUT2D eigenvalue weighted by molar-refractivity contribution is 8.71. The van der Waals surface area contributed by atoms with Gasteiger partial charge in [-0.15, -0.1) is 0 Å². The number of hydrogen-bond acceptors (Lipinski definition) is 10. The van der Waals surface area contributed by atoms with Gasteiger partial charge in [0.25, 0.3) is 0 Å². The Balaban J connectivity index is 1.50. The molecule has 17 heteroatoms. The van der Waals surface area contributed by atoms with Crippen LogP contribution in [-0.2, 0) is 28.0 Å². The summed E-state index contributed by atoms with van der Waals surface area (Å²) >= 11 is 1.89. The van der Waals surface area contributed by atoms with Crippen molar-refractivity contribution in [2.45, 2.75) is 120 Å². The van der Waals surface area contributed by atoms with Gasteiger partial charge in [-0.05, 0) is 75.1 Å². The van der Waals surface area contributed by atoms with E-state index < -0.39 is 14.9 Å². The van der Waals surface area contributed by atoms with Crippen molar-refractivity contribution in [3.05, 3.63) is 0 Å². The van der Waals surface area contributed by atoms with Crippen LogP contribution in [0.5, 0.6) is 0 Å². The number of amides is 6. The summed E-state index contributed by atoms with van der Waals surface area (Å²) < 4.78 is 22.6. The zero-order chi connectivity index (χ0) is 35.2. The van der Waals surface area contributed by atoms with Crippen molar-refractivity contribution in [3.8, 4) is 0 Å². The molecule has 0 saturated carbocycles. The van der Waals surface area contributed by atoms with E-state index in [1.54, 1.807) is 0 Å². The highest BCUT2D eigenvalue weighted by Gasteiger charge is 2.42. The van der Waals surface area contributed by atoms with Crippen molar-refractivity contribution >= 4 is 61.1 Å². The maximum absolute atomic E-state index is 12.7. The minimum atomic E-state index is -3.20. The minimum Gasteiger partial charge on any atom is -0.356 e. The van der Waals surface area contributed by atoms with Crippen LogP contribution in [0.2, 0.25) is 0 Å². The molecule has 2 saturated heterocycles. The molecule has 0 aromatic rings. The van der Waals surface area contributed by atoms with Crippen molar-refractivity contribution in [2.75, 3.05) is 43.9 Å². The van der Waals surface area contributed by atoms with Crippen LogP contribution in [-0.4, -0.2) is 105 Å². The van der Waals surface area contributed by atoms with Crippen LogP contribution in [0.4, 0.5) is 4.79 Å². The van der Waals surface area contributed by atoms with Crippen LogP contribution in [0.1, 0.15) is 96.3 Å². The van der Waals surface area contributed by atoms with E-state index in [2.05, 4.69) is 31.9 Å². The van der Waals surface area contributed by atoms with Gasteiger partial charge in [0.1, 0.15) is 6.04 Å². The molecule has 0 unspecified atom stereocenters. The molecule has 0 aromatic carbocycles. The first-order valence-electron chi connectivity index (χ1n) is 17.3. The van der Waals surface area contributed by atoms with Gasteiger partial charge in [0.15, 0.2) is 8.87 Å². The van der Waals surface area contributed by atoms with E-state index in [0.717, 1.165) is 74.2 Å². The molecule has 0 bridgehead atoms. The lowest BCUT2D eigenvalue weighted by atomic mass is 10.0. The number of carbonyl (C=O) groups excluding carboxylic acids is 5. The van der Waals surface area contributed by atoms with Gasteiger partial charge in [-0.2, -0.15) is 11.8 Å². The van der Waals surface area contributed by atoms with Gasteiger partial charge in [-0.3, -0.25) is 19.2 Å². The van der Waals surface area contributed by atoms with Crippen LogP contribution in [0, 0.1) is 0 Å². The van der Waals surface area contributed by atoms with E-state index in [-0.39, 0.29) is 54.0 Å². The van der Waals surface area contributed by atoms with E-state index in [4.69, 9.17) is 5.73 Å². The van der Waals surface area contributed by atoms with Gasteiger partial charge in [0.05, 0.1) is 12.1 Å². The summed E-state index contributed by atoms with van der Waals surface area (Å²) in [5, 5.41) is 17.7. The molecule has 0 aromatic heterocycles. The number of hydrogen-bond donors (Lipinski definition) is 7. The highest BCUT2D eigenvalue weighted by atomic mass is 33.1. The van der Waals surface area contributed by atoms with Crippen molar-refractivity contribution in [1.82, 2.24) is 31.9 Å². The fourth-order valence-corrected chi connectivity index (χ4v) is 8.79. The number of nitrogens with two attached hydrogens (primary N) is 1. The van der Waals surface area contributed by atoms with E-state index in [0.29, 0.717) is 69.8 Å². The van der Waals surface area contributed by atoms with Crippen molar-refractivity contribution < 1.29 is 32.4 Å². The molecule has 48 heavy (non-hydrogen) atoms. The smallest absolute Gasteiger partial charge is 0.315 e. The third kappa shape index (κ3) is 19.1. The summed E-state index contributed by atoms with van der Waals surface area (Å²) in [6, 6.07) is -0.382. The normalized spacial score (nSPS) is 19.1. The Labute approximate surface area is 293 Å². The molecule has 276 valence electrons. The third-order valence-electron chi connectivity index (χ3n) is 8.18. The summed E-state index contributed by atoms with van der Waals surface area (Å²) in [5.41, 5.74) is 5.50. The fourth-order valence-electron chi connectivity index (χ4n) is 5.60. The zero-order valence-electron chi connectivity index (χ0n) is 28.3. The number of carbonyl (C=O) groups is 5. The van der Waals surface area contributed by atoms with Gasteiger partial charge in [-0.1, -0.05) is 19.3 Å². The Hall–Kier alpha value is -2.24. The quantitative estimate of drug-likeness (QED) is 0.0366. The summed E-state index contributed by atoms with van der Waals surface area (Å²) in [4.78, 5) is 61.0. The number of nitrogens with one attached hydrogen (secondary N) is 6. The van der Waals surface area contributed by atoms with Gasteiger partial charge >= 0.3 is 6.03 Å². The van der Waals surface area contributed by atoms with Gasteiger partial charge in [-0.25, -0.2) is 13.2 Å². The van der Waals surface area contributed by atoms with Crippen molar-refractivity contribution in [1.29, 1.82) is 0 Å². The lowest BCUT2D eigenvalue weighted by molar-refractivity contribution is -0.129. The van der Waals surface area contributed by atoms with E-state index in [1.807, 2.05) is 11.8 Å². The number of rotatable bonds is 27. The number of unbranched alkanes of at least 4 members (excludes halogenated alkanes) is 6. The second-order valence-electron chi connectivity index (χ2n) is 12.4. The Morgan fingerprint density at radius 2 is 1.46 bits per heavy atom. The van der Waals surface area contributed by atoms with Crippen LogP contribution in [0.25, 0.3) is 0 Å². The van der Waals surface area contributed by atoms with Crippen LogP contribution in [0.15, 0.2) is 0 Å². The lowest BCUT2D eigenvalue weighted by Gasteiger charge is -2.18. The second-order valence-corrected chi connectivity index (χ2v) is 18.3. The standard InChI is InChI=1S/C31H57N7O7S3/c1-48(44,45)47-21-20-35-30(42)23(36-28(41)16-4-2-9-17-32)12-8-11-19-34-26(39)14-5-3-10-18-33-27(40)15-7-6-13-25-29-24(22-46-25)37-31(43)38-29/h23-25,29H,2-22,32H2,1H3,(H,33,40)(H,34,39)(H,35,42)(H,36,41)(H2,37,38,43)/t23-,24+,25+,29+/m0/s1. The SMILES string of the molecule is CS(=O)(=O)SCCNC(=O)[C@H](CCCCNC(=O)CCCCCNC(=O)CCCC[C@H]1SC[C@H]2NC(=O)N[C@H]21)NC(=O)CCCCCN. The number of fused-ring (bicyclic) bond motifs is 1. The summed E-state index contributed by atoms with van der Waals surface area (Å²) in [5.74, 6) is 0.605. The van der Waals surface area contributed by atoms with Crippen molar-refractivity contribution in [3.63, 3.8) is 0 Å². The first kappa shape index (κ1) is 41.9. The molecule has 0 spiro atoms. The van der Waals surface area contributed by atoms with Crippen LogP contribution in [0.3, 0.4) is 0 Å². The Bertz CT molecular complexity index is 1130. The van der Waals surface area contributed by atoms with Crippen molar-refractivity contribution in [2.24, 2.45) is 5.73 Å². The molecule has 4 atom stereocenters. The van der Waals surface area contributed by atoms with Crippen LogP contribution >= 0.6 is 22.6 Å². The summed E-state index contributed by atoms with van der Waals surface area (Å²) in [7, 11) is -2.44. The van der Waals surface area contributed by atoms with E-state index in [9.17, 15) is 32.4 Å². The largest absolute Gasteiger partial charge is 0.356 e. The average molecular weight is 736 g/mol. The minimum absolute atomic E-state index is 0.0396. The lowest BCUT2D eigenvalue weighted by Crippen LogP contribution is -2.47. The Kier molecular flexibility index (Phi) is 21.0. The summed E-state index contributed by atoms with van der Waals surface area (Å²) in [6.07, 6.45) is 11.5. The molecular formula is C31H57N7O7S3. The first-order valence-corrected chi connectivity index (χ1v) is 21.8. The Morgan fingerprint density at radius 3 is 2.12 bits per heavy atom. The van der Waals surface area contributed by atoms with Gasteiger partial charge < -0.3 is 37.6 Å². The third-order valence-corrected chi connectivity index (χ3v) is 12.3. The molecule has 14 nitrogen and oxygen atoms in total. The average Bonchev–Trinajstić information content (AvgIpc) is 3.59. The van der Waals surface area contributed by atoms with Gasteiger partial charge in [0, 0.05) is 61.9 Å². The van der Waals surface area contributed by atoms with E-state index in [1.165, 1.54) is 0 Å². The predicted octanol–water partition coefficient (Wildman–Crippen LogP) is 1.49. The Morgan fingerprint density at radius 1 is 0.833 bits per heavy atom. The maximum atomic E-state index is 12.7. The molecule has 2 aliphatic heterocycles. The summed E-state index contributed by atoms with van der Waals surface area (Å²) in [6.45, 7) is 1.80. The molecule has 8 N–H and O–H groups in total. The topological polar surface area (TPSA) is 218 Å². The van der Waals surface area contributed by atoms with E-state index >= 15 is 0 Å². The molecule has 2 rings (SSSR count). The second kappa shape index (κ2) is 24.0. The van der Waals surface area contributed by atoms with Gasteiger partial charge in [0.2, 0.25) is 23.6 Å².